The van der Waals surface area contributed by atoms with Gasteiger partial charge in [0.1, 0.15) is 11.5 Å². The summed E-state index contributed by atoms with van der Waals surface area (Å²) in [5.41, 5.74) is 2.10. The summed E-state index contributed by atoms with van der Waals surface area (Å²) in [6.07, 6.45) is -1.13. The third-order valence-electron chi connectivity index (χ3n) is 6.53. The van der Waals surface area contributed by atoms with Crippen molar-refractivity contribution in [3.8, 4) is 11.5 Å². The van der Waals surface area contributed by atoms with Gasteiger partial charge in [-0.05, 0) is 42.8 Å². The van der Waals surface area contributed by atoms with Crippen LogP contribution < -0.4 is 19.4 Å². The smallest absolute Gasteiger partial charge is 0.339 e. The largest absolute Gasteiger partial charge is 0.493 e. The Labute approximate surface area is 207 Å². The normalized spacial score (nSPS) is 21.0. The second-order valence-corrected chi connectivity index (χ2v) is 8.58. The van der Waals surface area contributed by atoms with E-state index in [0.29, 0.717) is 11.4 Å². The molecule has 2 aliphatic rings. The first-order valence-electron chi connectivity index (χ1n) is 11.3. The number of aromatic carboxylic acids is 1. The molecule has 2 heterocycles. The molecule has 3 aromatic rings. The number of rotatable bonds is 6. The molecule has 2 amide bonds. The molecule has 9 nitrogen and oxygen atoms in total. The van der Waals surface area contributed by atoms with Crippen molar-refractivity contribution < 1.29 is 33.8 Å². The number of aryl methyl sites for hydroxylation is 1. The van der Waals surface area contributed by atoms with Gasteiger partial charge in [-0.2, -0.15) is 0 Å². The Morgan fingerprint density at radius 2 is 1.58 bits per heavy atom. The number of imide groups is 1. The van der Waals surface area contributed by atoms with E-state index in [0.717, 1.165) is 10.5 Å². The minimum atomic E-state index is -1.26. The van der Waals surface area contributed by atoms with Crippen molar-refractivity contribution in [3.63, 3.8) is 0 Å². The number of anilines is 2. The fraction of sp³-hybridized carbons (Fsp3) is 0.222. The first-order valence-corrected chi connectivity index (χ1v) is 11.3. The van der Waals surface area contributed by atoms with Gasteiger partial charge >= 0.3 is 5.97 Å². The summed E-state index contributed by atoms with van der Waals surface area (Å²) in [4.78, 5) is 47.0. The van der Waals surface area contributed by atoms with Crippen molar-refractivity contribution in [1.82, 2.24) is 0 Å². The highest BCUT2D eigenvalue weighted by atomic mass is 16.7. The molecular formula is C27H24N2O7. The summed E-state index contributed by atoms with van der Waals surface area (Å²) >= 11 is 0. The summed E-state index contributed by atoms with van der Waals surface area (Å²) in [5.74, 6) is -2.97. The number of carboxylic acid groups (broad SMARTS) is 1. The zero-order valence-corrected chi connectivity index (χ0v) is 19.9. The number of amides is 2. The number of benzene rings is 3. The lowest BCUT2D eigenvalue weighted by molar-refractivity contribution is -0.126. The summed E-state index contributed by atoms with van der Waals surface area (Å²) in [7, 11) is 2.76. The third-order valence-corrected chi connectivity index (χ3v) is 6.53. The van der Waals surface area contributed by atoms with Crippen molar-refractivity contribution in [2.45, 2.75) is 19.1 Å². The number of fused-ring (bicyclic) bond motifs is 1. The molecular weight excluding hydrogens is 464 g/mol. The van der Waals surface area contributed by atoms with Crippen molar-refractivity contribution in [3.05, 3.63) is 83.4 Å². The topological polar surface area (TPSA) is 106 Å². The second kappa shape index (κ2) is 9.01. The average Bonchev–Trinajstić information content (AvgIpc) is 3.39. The maximum absolute atomic E-state index is 13.8. The van der Waals surface area contributed by atoms with E-state index >= 15 is 0 Å². The van der Waals surface area contributed by atoms with Crippen LogP contribution in [0.25, 0.3) is 0 Å². The molecule has 184 valence electrons. The molecule has 1 N–H and O–H groups in total. The van der Waals surface area contributed by atoms with Crippen LogP contribution in [0.4, 0.5) is 11.4 Å². The van der Waals surface area contributed by atoms with Crippen LogP contribution in [-0.2, 0) is 14.4 Å². The Bertz CT molecular complexity index is 1340. The number of hydrogen-bond acceptors (Lipinski definition) is 7. The number of ether oxygens (including phenoxy) is 2. The third kappa shape index (κ3) is 3.56. The van der Waals surface area contributed by atoms with Crippen molar-refractivity contribution >= 4 is 29.2 Å². The monoisotopic (exact) mass is 488 g/mol. The summed E-state index contributed by atoms with van der Waals surface area (Å²) < 4.78 is 10.7. The van der Waals surface area contributed by atoms with Crippen LogP contribution in [-0.4, -0.2) is 43.2 Å². The second-order valence-electron chi connectivity index (χ2n) is 8.58. The molecule has 36 heavy (non-hydrogen) atoms. The van der Waals surface area contributed by atoms with E-state index in [4.69, 9.17) is 14.3 Å². The molecule has 0 aromatic heterocycles. The number of carbonyl (C=O) groups is 3. The Balaban J connectivity index is 1.68. The average molecular weight is 488 g/mol. The van der Waals surface area contributed by atoms with Gasteiger partial charge in [-0.25, -0.2) is 14.8 Å². The quantitative estimate of drug-likeness (QED) is 0.523. The van der Waals surface area contributed by atoms with Gasteiger partial charge in [-0.1, -0.05) is 42.0 Å². The molecule has 2 aliphatic heterocycles. The molecule has 0 unspecified atom stereocenters. The fourth-order valence-electron chi connectivity index (χ4n) is 4.89. The van der Waals surface area contributed by atoms with Crippen LogP contribution in [0.2, 0.25) is 0 Å². The van der Waals surface area contributed by atoms with Crippen molar-refractivity contribution in [2.75, 3.05) is 24.2 Å². The van der Waals surface area contributed by atoms with Gasteiger partial charge in [0.15, 0.2) is 17.6 Å². The standard InChI is InChI=1S/C27H24N2O7/c1-15-9-11-16(12-10-15)28-25(30)21-22(18-13-14-19(34-2)23(35-3)20(18)27(32)33)29(36-24(21)26(28)31)17-7-5-4-6-8-17/h4-14,21-22,24H,1-3H3,(H,32,33)/t21-,22-,24-/m1/s1. The molecule has 5 rings (SSSR count). The Hall–Kier alpha value is -4.37. The summed E-state index contributed by atoms with van der Waals surface area (Å²) in [5, 5.41) is 11.6. The van der Waals surface area contributed by atoms with E-state index < -0.39 is 35.8 Å². The molecule has 0 radical (unpaired) electrons. The molecule has 0 aliphatic carbocycles. The molecule has 9 heteroatoms. The highest BCUT2D eigenvalue weighted by Gasteiger charge is 2.61. The lowest BCUT2D eigenvalue weighted by Crippen LogP contribution is -2.37. The van der Waals surface area contributed by atoms with E-state index in [2.05, 4.69) is 0 Å². The number of hydrogen-bond donors (Lipinski definition) is 1. The van der Waals surface area contributed by atoms with Crippen LogP contribution in [0.1, 0.15) is 27.5 Å². The molecule has 3 aromatic carbocycles. The lowest BCUT2D eigenvalue weighted by Gasteiger charge is -2.30. The number of hydroxylamine groups is 1. The van der Waals surface area contributed by atoms with Gasteiger partial charge in [0, 0.05) is 0 Å². The highest BCUT2D eigenvalue weighted by molar-refractivity contribution is 6.24. The zero-order valence-electron chi connectivity index (χ0n) is 19.9. The van der Waals surface area contributed by atoms with Gasteiger partial charge in [0.25, 0.3) is 5.91 Å². The fourth-order valence-corrected chi connectivity index (χ4v) is 4.89. The maximum atomic E-state index is 13.8. The van der Waals surface area contributed by atoms with Gasteiger partial charge in [0.05, 0.1) is 31.6 Å². The first-order chi connectivity index (χ1) is 17.4. The summed E-state index contributed by atoms with van der Waals surface area (Å²) in [6, 6.07) is 18.2. The number of para-hydroxylation sites is 1. The number of methoxy groups -OCH3 is 2. The Morgan fingerprint density at radius 1 is 0.889 bits per heavy atom. The molecule has 0 saturated carbocycles. The van der Waals surface area contributed by atoms with Crippen LogP contribution in [0.15, 0.2) is 66.7 Å². The number of nitrogens with zero attached hydrogens (tertiary/aromatic N) is 2. The number of carbonyl (C=O) groups excluding carboxylic acids is 2. The van der Waals surface area contributed by atoms with Gasteiger partial charge in [-0.3, -0.25) is 14.4 Å². The van der Waals surface area contributed by atoms with Gasteiger partial charge < -0.3 is 14.6 Å². The van der Waals surface area contributed by atoms with Crippen molar-refractivity contribution in [2.24, 2.45) is 5.92 Å². The van der Waals surface area contributed by atoms with Gasteiger partial charge in [0.2, 0.25) is 5.91 Å². The predicted molar refractivity (Wildman–Crippen MR) is 130 cm³/mol. The molecule has 3 atom stereocenters. The number of carboxylic acids is 1. The maximum Gasteiger partial charge on any atom is 0.339 e. The Morgan fingerprint density at radius 3 is 2.19 bits per heavy atom. The highest BCUT2D eigenvalue weighted by Crippen LogP contribution is 2.50. The van der Waals surface area contributed by atoms with E-state index in [1.165, 1.54) is 19.3 Å². The Kier molecular flexibility index (Phi) is 5.85. The molecule has 2 saturated heterocycles. The molecule has 0 bridgehead atoms. The lowest BCUT2D eigenvalue weighted by atomic mass is 9.87. The van der Waals surface area contributed by atoms with E-state index in [1.54, 1.807) is 48.5 Å². The van der Waals surface area contributed by atoms with Crippen LogP contribution in [0.3, 0.4) is 0 Å². The minimum Gasteiger partial charge on any atom is -0.493 e. The SMILES string of the molecule is COc1ccc([C@@H]2[C@H]3C(=O)N(c4ccc(C)cc4)C(=O)[C@@H]3ON2c2ccccc2)c(C(=O)O)c1OC. The first kappa shape index (κ1) is 23.4. The van der Waals surface area contributed by atoms with E-state index in [-0.39, 0.29) is 22.6 Å². The minimum absolute atomic E-state index is 0.0196. The van der Waals surface area contributed by atoms with E-state index in [1.807, 2.05) is 25.1 Å². The zero-order chi connectivity index (χ0) is 25.6. The van der Waals surface area contributed by atoms with Gasteiger partial charge in [-0.15, -0.1) is 0 Å². The van der Waals surface area contributed by atoms with Crippen LogP contribution in [0.5, 0.6) is 11.5 Å². The van der Waals surface area contributed by atoms with E-state index in [9.17, 15) is 19.5 Å². The summed E-state index contributed by atoms with van der Waals surface area (Å²) in [6.45, 7) is 1.91. The van der Waals surface area contributed by atoms with Crippen LogP contribution >= 0.6 is 0 Å². The van der Waals surface area contributed by atoms with Crippen molar-refractivity contribution in [1.29, 1.82) is 0 Å². The molecule has 0 spiro atoms. The predicted octanol–water partition coefficient (Wildman–Crippen LogP) is 3.76. The van der Waals surface area contributed by atoms with Crippen LogP contribution in [0, 0.1) is 12.8 Å². The molecule has 2 fully saturated rings.